The van der Waals surface area contributed by atoms with E-state index in [2.05, 4.69) is 15.3 Å². The topological polar surface area (TPSA) is 110 Å². The van der Waals surface area contributed by atoms with Crippen LogP contribution in [0, 0.1) is 6.92 Å². The Morgan fingerprint density at radius 1 is 1.07 bits per heavy atom. The maximum absolute atomic E-state index is 13.5. The first-order valence-electron chi connectivity index (χ1n) is 14.9. The van der Waals surface area contributed by atoms with Crippen molar-refractivity contribution in [2.75, 3.05) is 29.9 Å². The molecule has 1 N–H and O–H groups in total. The third kappa shape index (κ3) is 5.52. The molecule has 3 aromatic heterocycles. The summed E-state index contributed by atoms with van der Waals surface area (Å²) in [5.41, 5.74) is 4.40. The van der Waals surface area contributed by atoms with E-state index >= 15 is 0 Å². The molecular formula is C31H40N8O3. The van der Waals surface area contributed by atoms with Gasteiger partial charge in [0.2, 0.25) is 0 Å². The number of anilines is 2. The van der Waals surface area contributed by atoms with Crippen LogP contribution in [0.3, 0.4) is 0 Å². The van der Waals surface area contributed by atoms with Gasteiger partial charge in [-0.05, 0) is 72.4 Å². The first-order valence-corrected chi connectivity index (χ1v) is 14.9. The first-order chi connectivity index (χ1) is 20.0. The molecule has 1 aromatic carbocycles. The first kappa shape index (κ1) is 28.0. The number of fused-ring (bicyclic) bond motifs is 2. The smallest absolute Gasteiger partial charge is 0.410 e. The lowest BCUT2D eigenvalue weighted by Crippen LogP contribution is -2.48. The van der Waals surface area contributed by atoms with Crippen LogP contribution < -0.4 is 10.2 Å². The lowest BCUT2D eigenvalue weighted by molar-refractivity contribution is 0.0149. The van der Waals surface area contributed by atoms with E-state index in [0.717, 1.165) is 66.9 Å². The van der Waals surface area contributed by atoms with Crippen molar-refractivity contribution in [3.8, 4) is 0 Å². The number of carbonyl (C=O) groups excluding carboxylic acids is 2. The van der Waals surface area contributed by atoms with Crippen LogP contribution in [0.1, 0.15) is 81.0 Å². The highest BCUT2D eigenvalue weighted by atomic mass is 16.6. The Morgan fingerprint density at radius 2 is 1.81 bits per heavy atom. The molecule has 6 rings (SSSR count). The number of amides is 2. The molecule has 0 bridgehead atoms. The number of aromatic nitrogens is 5. The van der Waals surface area contributed by atoms with Gasteiger partial charge in [0.25, 0.3) is 5.91 Å². The van der Waals surface area contributed by atoms with Crippen molar-refractivity contribution in [1.82, 2.24) is 29.0 Å². The lowest BCUT2D eigenvalue weighted by atomic mass is 10.0. The molecular weight excluding hydrogens is 532 g/mol. The zero-order valence-electron chi connectivity index (χ0n) is 25.3. The van der Waals surface area contributed by atoms with Gasteiger partial charge in [-0.25, -0.2) is 9.78 Å². The average molecular weight is 573 g/mol. The third-order valence-electron chi connectivity index (χ3n) is 8.02. The van der Waals surface area contributed by atoms with E-state index in [9.17, 15) is 9.59 Å². The summed E-state index contributed by atoms with van der Waals surface area (Å²) in [4.78, 5) is 39.9. The fourth-order valence-electron chi connectivity index (χ4n) is 5.97. The highest BCUT2D eigenvalue weighted by molar-refractivity contribution is 6.13. The van der Waals surface area contributed by atoms with Crippen LogP contribution in [0.4, 0.5) is 16.3 Å². The Kier molecular flexibility index (Phi) is 7.06. The molecule has 1 aliphatic heterocycles. The molecule has 42 heavy (non-hydrogen) atoms. The van der Waals surface area contributed by atoms with Gasteiger partial charge in [-0.15, -0.1) is 0 Å². The molecule has 4 heterocycles. The molecule has 11 nitrogen and oxygen atoms in total. The van der Waals surface area contributed by atoms with Crippen molar-refractivity contribution in [2.24, 2.45) is 7.05 Å². The molecule has 1 aliphatic carbocycles. The van der Waals surface area contributed by atoms with Crippen molar-refractivity contribution in [3.63, 3.8) is 0 Å². The molecule has 1 saturated heterocycles. The maximum atomic E-state index is 13.5. The van der Waals surface area contributed by atoms with Crippen molar-refractivity contribution in [3.05, 3.63) is 47.7 Å². The Morgan fingerprint density at radius 3 is 2.48 bits per heavy atom. The second-order valence-electron chi connectivity index (χ2n) is 12.5. The van der Waals surface area contributed by atoms with E-state index < -0.39 is 5.60 Å². The lowest BCUT2D eigenvalue weighted by Gasteiger charge is -2.39. The van der Waals surface area contributed by atoms with Crippen LogP contribution >= 0.6 is 0 Å². The molecule has 0 spiro atoms. The molecule has 2 fully saturated rings. The van der Waals surface area contributed by atoms with Crippen LogP contribution in [0.25, 0.3) is 16.6 Å². The number of nitrogens with one attached hydrogen (secondary N) is 1. The Bertz CT molecular complexity index is 1650. The van der Waals surface area contributed by atoms with Crippen LogP contribution in [0.15, 0.2) is 30.7 Å². The fraction of sp³-hybridized carbons (Fsp3) is 0.516. The van der Waals surface area contributed by atoms with E-state index in [1.54, 1.807) is 4.68 Å². The Labute approximate surface area is 245 Å². The number of carbonyl (C=O) groups is 2. The molecule has 0 radical (unpaired) electrons. The van der Waals surface area contributed by atoms with Gasteiger partial charge in [-0.1, -0.05) is 0 Å². The molecule has 0 unspecified atom stereocenters. The van der Waals surface area contributed by atoms with Gasteiger partial charge >= 0.3 is 6.09 Å². The van der Waals surface area contributed by atoms with Gasteiger partial charge in [0.05, 0.1) is 23.1 Å². The van der Waals surface area contributed by atoms with Gasteiger partial charge < -0.3 is 24.3 Å². The number of rotatable bonds is 6. The molecule has 0 atom stereocenters. The van der Waals surface area contributed by atoms with Crippen LogP contribution in [0.5, 0.6) is 0 Å². The molecule has 2 aliphatic rings. The minimum atomic E-state index is -0.522. The second-order valence-corrected chi connectivity index (χ2v) is 12.5. The predicted molar refractivity (Wildman–Crippen MR) is 162 cm³/mol. The second kappa shape index (κ2) is 10.6. The summed E-state index contributed by atoms with van der Waals surface area (Å²) in [6.45, 7) is 11.8. The van der Waals surface area contributed by atoms with E-state index in [1.165, 1.54) is 0 Å². The zero-order chi connectivity index (χ0) is 29.8. The molecule has 4 aromatic rings. The average Bonchev–Trinajstić information content (AvgIpc) is 3.57. The van der Waals surface area contributed by atoms with Gasteiger partial charge in [-0.3, -0.25) is 14.5 Å². The Balaban J connectivity index is 1.20. The number of benzene rings is 1. The predicted octanol–water partition coefficient (Wildman–Crippen LogP) is 5.28. The largest absolute Gasteiger partial charge is 0.444 e. The van der Waals surface area contributed by atoms with Gasteiger partial charge in [0.1, 0.15) is 11.1 Å². The molecule has 11 heteroatoms. The molecule has 222 valence electrons. The van der Waals surface area contributed by atoms with Gasteiger partial charge in [0.15, 0.2) is 11.5 Å². The number of hydrogen-bond acceptors (Lipinski definition) is 7. The minimum Gasteiger partial charge on any atom is -0.444 e. The summed E-state index contributed by atoms with van der Waals surface area (Å²) in [7, 11) is 1.87. The summed E-state index contributed by atoms with van der Waals surface area (Å²) in [5, 5.41) is 8.59. The number of piperidine rings is 1. The van der Waals surface area contributed by atoms with E-state index in [-0.39, 0.29) is 18.0 Å². The number of ether oxygens (including phenoxy) is 1. The summed E-state index contributed by atoms with van der Waals surface area (Å²) in [5.74, 6) is 0.697. The highest BCUT2D eigenvalue weighted by Crippen LogP contribution is 2.41. The van der Waals surface area contributed by atoms with Crippen molar-refractivity contribution < 1.29 is 14.3 Å². The molecule has 2 amide bonds. The number of aryl methyl sites for hydroxylation is 2. The van der Waals surface area contributed by atoms with E-state index in [4.69, 9.17) is 14.7 Å². The van der Waals surface area contributed by atoms with E-state index in [0.29, 0.717) is 29.4 Å². The van der Waals surface area contributed by atoms with Gasteiger partial charge in [0, 0.05) is 62.1 Å². The standard InChI is InChI=1S/C31H40N8O3/c1-7-39(30(41)42-31(3,4)5)21-12-14-37(15-13-21)24-11-10-22(27-23(24)17-36(6)35-27)29(40)34-25-18-38-16-19(2)32-26(20-8-9-20)28(38)33-25/h10-11,16-18,20-21H,7-9,12-15H2,1-6H3,(H,34,40). The summed E-state index contributed by atoms with van der Waals surface area (Å²) in [6.07, 6.45) is 9.42. The number of hydrogen-bond donors (Lipinski definition) is 1. The summed E-state index contributed by atoms with van der Waals surface area (Å²) >= 11 is 0. The van der Waals surface area contributed by atoms with Crippen molar-refractivity contribution >= 4 is 40.1 Å². The fourth-order valence-corrected chi connectivity index (χ4v) is 5.97. The quantitative estimate of drug-likeness (QED) is 0.335. The zero-order valence-corrected chi connectivity index (χ0v) is 25.3. The summed E-state index contributed by atoms with van der Waals surface area (Å²) < 4.78 is 9.36. The number of nitrogens with zero attached hydrogens (tertiary/aromatic N) is 7. The van der Waals surface area contributed by atoms with E-state index in [1.807, 2.05) is 81.7 Å². The van der Waals surface area contributed by atoms with Gasteiger partial charge in [-0.2, -0.15) is 5.10 Å². The van der Waals surface area contributed by atoms with Crippen LogP contribution in [0.2, 0.25) is 0 Å². The van der Waals surface area contributed by atoms with Crippen molar-refractivity contribution in [2.45, 2.75) is 77.9 Å². The normalized spacial score (nSPS) is 16.3. The van der Waals surface area contributed by atoms with Crippen molar-refractivity contribution in [1.29, 1.82) is 0 Å². The minimum absolute atomic E-state index is 0.125. The third-order valence-corrected chi connectivity index (χ3v) is 8.02. The molecule has 1 saturated carbocycles. The summed E-state index contributed by atoms with van der Waals surface area (Å²) in [6, 6.07) is 3.98. The monoisotopic (exact) mass is 572 g/mol. The highest BCUT2D eigenvalue weighted by Gasteiger charge is 2.32. The maximum Gasteiger partial charge on any atom is 0.410 e. The van der Waals surface area contributed by atoms with Crippen LogP contribution in [-0.4, -0.2) is 72.3 Å². The van der Waals surface area contributed by atoms with Crippen LogP contribution in [-0.2, 0) is 11.8 Å². The Hall–Kier alpha value is -4.15. The number of imidazole rings is 1. The SMILES string of the molecule is CCN(C(=O)OC(C)(C)C)C1CCN(c2ccc(C(=O)Nc3cn4cc(C)nc(C5CC5)c4n3)c3nn(C)cc23)CC1.